The van der Waals surface area contributed by atoms with Crippen LogP contribution in [0.2, 0.25) is 0 Å². The van der Waals surface area contributed by atoms with Crippen LogP contribution < -0.4 is 4.90 Å². The topological polar surface area (TPSA) is 93.7 Å². The molecule has 0 bridgehead atoms. The molecule has 0 radical (unpaired) electrons. The highest BCUT2D eigenvalue weighted by molar-refractivity contribution is 6.11. The Hall–Kier alpha value is -3.61. The molecule has 0 fully saturated rings. The number of aryl methyl sites for hydroxylation is 1. The number of carboxylic acids is 1. The van der Waals surface area contributed by atoms with Crippen LogP contribution >= 0.6 is 0 Å². The lowest BCUT2D eigenvalue weighted by Gasteiger charge is -2.31. The summed E-state index contributed by atoms with van der Waals surface area (Å²) in [6, 6.07) is 13.6. The van der Waals surface area contributed by atoms with Crippen LogP contribution in [0.3, 0.4) is 0 Å². The van der Waals surface area contributed by atoms with Crippen molar-refractivity contribution >= 4 is 34.4 Å². The number of para-hydroxylation sites is 1. The molecule has 1 aliphatic heterocycles. The molecule has 1 atom stereocenters. The van der Waals surface area contributed by atoms with Crippen LogP contribution in [-0.2, 0) is 16.0 Å². The zero-order chi connectivity index (χ0) is 24.4. The molecule has 2 N–H and O–H groups in total. The average Bonchev–Trinajstić information content (AvgIpc) is 3.20. The van der Waals surface area contributed by atoms with Crippen LogP contribution in [-0.4, -0.2) is 45.9 Å². The largest absolute Gasteiger partial charge is 0.481 e. The number of anilines is 1. The minimum atomic E-state index is -1.04. The van der Waals surface area contributed by atoms with Gasteiger partial charge in [-0.1, -0.05) is 38.1 Å². The third-order valence-electron chi connectivity index (χ3n) is 6.55. The fourth-order valence-electron chi connectivity index (χ4n) is 4.57. The average molecular weight is 462 g/mol. The SMILES string of the molecule is CC(C)CCc1ccc2c(c1)N(C(C)c1c[nH]c3ccccc13)CC(=O)N(CCC(=O)O)C2=O. The van der Waals surface area contributed by atoms with E-state index in [1.807, 2.05) is 54.4 Å². The van der Waals surface area contributed by atoms with Gasteiger partial charge >= 0.3 is 5.97 Å². The van der Waals surface area contributed by atoms with Gasteiger partial charge in [0.05, 0.1) is 30.3 Å². The van der Waals surface area contributed by atoms with Crippen molar-refractivity contribution in [1.82, 2.24) is 9.88 Å². The Morgan fingerprint density at radius 3 is 2.62 bits per heavy atom. The van der Waals surface area contributed by atoms with Crippen molar-refractivity contribution in [2.45, 2.75) is 46.1 Å². The van der Waals surface area contributed by atoms with Crippen LogP contribution in [0.5, 0.6) is 0 Å². The van der Waals surface area contributed by atoms with Crippen molar-refractivity contribution < 1.29 is 19.5 Å². The zero-order valence-corrected chi connectivity index (χ0v) is 19.9. The molecule has 0 saturated heterocycles. The van der Waals surface area contributed by atoms with Crippen LogP contribution in [0, 0.1) is 5.92 Å². The molecule has 2 amide bonds. The van der Waals surface area contributed by atoms with Crippen molar-refractivity contribution in [1.29, 1.82) is 0 Å². The number of H-pyrrole nitrogens is 1. The molecule has 3 aromatic rings. The van der Waals surface area contributed by atoms with E-state index in [-0.39, 0.29) is 25.6 Å². The third kappa shape index (κ3) is 4.69. The number of benzene rings is 2. The van der Waals surface area contributed by atoms with Crippen molar-refractivity contribution in [3.8, 4) is 0 Å². The molecule has 4 rings (SSSR count). The van der Waals surface area contributed by atoms with Gasteiger partial charge in [-0.3, -0.25) is 19.3 Å². The molecule has 178 valence electrons. The first-order chi connectivity index (χ1) is 16.3. The maximum atomic E-state index is 13.4. The Balaban J connectivity index is 1.78. The lowest BCUT2D eigenvalue weighted by molar-refractivity contribution is -0.137. The summed E-state index contributed by atoms with van der Waals surface area (Å²) in [5.41, 5.74) is 4.30. The highest BCUT2D eigenvalue weighted by atomic mass is 16.4. The number of nitrogens with zero attached hydrogens (tertiary/aromatic N) is 2. The summed E-state index contributed by atoms with van der Waals surface area (Å²) in [5, 5.41) is 10.2. The summed E-state index contributed by atoms with van der Waals surface area (Å²) >= 11 is 0. The maximum absolute atomic E-state index is 13.4. The number of carboxylic acid groups (broad SMARTS) is 1. The van der Waals surface area contributed by atoms with Crippen LogP contribution in [0.25, 0.3) is 10.9 Å². The molecule has 7 heteroatoms. The molecule has 2 heterocycles. The van der Waals surface area contributed by atoms with Crippen LogP contribution in [0.4, 0.5) is 5.69 Å². The Morgan fingerprint density at radius 1 is 1.12 bits per heavy atom. The lowest BCUT2D eigenvalue weighted by Crippen LogP contribution is -2.42. The Kier molecular flexibility index (Phi) is 6.72. The Morgan fingerprint density at radius 2 is 1.88 bits per heavy atom. The smallest absolute Gasteiger partial charge is 0.305 e. The minimum Gasteiger partial charge on any atom is -0.481 e. The van der Waals surface area contributed by atoms with Gasteiger partial charge in [-0.05, 0) is 55.0 Å². The summed E-state index contributed by atoms with van der Waals surface area (Å²) in [5.74, 6) is -1.32. The number of fused-ring (bicyclic) bond motifs is 2. The standard InChI is InChI=1S/C27H31N3O4/c1-17(2)8-9-19-10-11-21-24(14-19)30(16-25(31)29(27(21)34)13-12-26(32)33)18(3)22-15-28-23-7-5-4-6-20(22)23/h4-7,10-11,14-15,17-18,28H,8-9,12-13,16H2,1-3H3,(H,32,33). The predicted molar refractivity (Wildman–Crippen MR) is 132 cm³/mol. The summed E-state index contributed by atoms with van der Waals surface area (Å²) in [7, 11) is 0. The molecule has 1 unspecified atom stereocenters. The van der Waals surface area contributed by atoms with Gasteiger partial charge in [0.1, 0.15) is 0 Å². The second kappa shape index (κ2) is 9.71. The van der Waals surface area contributed by atoms with E-state index in [1.165, 1.54) is 0 Å². The Labute approximate surface area is 199 Å². The highest BCUT2D eigenvalue weighted by Gasteiger charge is 2.35. The molecule has 1 aliphatic rings. The van der Waals surface area contributed by atoms with Gasteiger partial charge in [0.15, 0.2) is 0 Å². The second-order valence-electron chi connectivity index (χ2n) is 9.37. The highest BCUT2D eigenvalue weighted by Crippen LogP contribution is 2.36. The number of carbonyl (C=O) groups excluding carboxylic acids is 2. The van der Waals surface area contributed by atoms with Crippen LogP contribution in [0.15, 0.2) is 48.7 Å². The number of rotatable bonds is 8. The first-order valence-electron chi connectivity index (χ1n) is 11.8. The first kappa shape index (κ1) is 23.5. The van der Waals surface area contributed by atoms with Gasteiger partial charge in [-0.2, -0.15) is 0 Å². The summed E-state index contributed by atoms with van der Waals surface area (Å²) < 4.78 is 0. The monoisotopic (exact) mass is 461 g/mol. The molecule has 0 spiro atoms. The summed E-state index contributed by atoms with van der Waals surface area (Å²) in [4.78, 5) is 44.1. The van der Waals surface area contributed by atoms with E-state index in [1.54, 1.807) is 6.07 Å². The van der Waals surface area contributed by atoms with E-state index in [4.69, 9.17) is 5.11 Å². The molecule has 2 aromatic carbocycles. The number of hydrogen-bond donors (Lipinski definition) is 2. The molecular formula is C27H31N3O4. The molecular weight excluding hydrogens is 430 g/mol. The summed E-state index contributed by atoms with van der Waals surface area (Å²) in [6.45, 7) is 6.24. The van der Waals surface area contributed by atoms with Gasteiger partial charge in [-0.15, -0.1) is 0 Å². The second-order valence-corrected chi connectivity index (χ2v) is 9.37. The number of imide groups is 1. The molecule has 0 aliphatic carbocycles. The lowest BCUT2D eigenvalue weighted by atomic mass is 9.98. The van der Waals surface area contributed by atoms with E-state index in [2.05, 4.69) is 18.8 Å². The number of aromatic nitrogens is 1. The van der Waals surface area contributed by atoms with Crippen molar-refractivity contribution in [2.75, 3.05) is 18.0 Å². The van der Waals surface area contributed by atoms with Crippen LogP contribution in [0.1, 0.15) is 61.1 Å². The molecule has 7 nitrogen and oxygen atoms in total. The van der Waals surface area contributed by atoms with Gasteiger partial charge in [0, 0.05) is 23.6 Å². The summed E-state index contributed by atoms with van der Waals surface area (Å²) in [6.07, 6.45) is 3.58. The van der Waals surface area contributed by atoms with E-state index >= 15 is 0 Å². The van der Waals surface area contributed by atoms with E-state index in [0.29, 0.717) is 11.5 Å². The van der Waals surface area contributed by atoms with Gasteiger partial charge in [0.2, 0.25) is 5.91 Å². The number of aromatic amines is 1. The minimum absolute atomic E-state index is 0.00728. The number of hydrogen-bond acceptors (Lipinski definition) is 4. The number of nitrogens with one attached hydrogen (secondary N) is 1. The van der Waals surface area contributed by atoms with Crippen molar-refractivity contribution in [2.24, 2.45) is 5.92 Å². The maximum Gasteiger partial charge on any atom is 0.305 e. The van der Waals surface area contributed by atoms with E-state index in [9.17, 15) is 14.4 Å². The number of amides is 2. The zero-order valence-electron chi connectivity index (χ0n) is 19.9. The predicted octanol–water partition coefficient (Wildman–Crippen LogP) is 4.78. The molecule has 1 aromatic heterocycles. The quantitative estimate of drug-likeness (QED) is 0.471. The van der Waals surface area contributed by atoms with Crippen molar-refractivity contribution in [3.63, 3.8) is 0 Å². The van der Waals surface area contributed by atoms with Gasteiger partial charge < -0.3 is 15.0 Å². The Bertz CT molecular complexity index is 1230. The third-order valence-corrected chi connectivity index (χ3v) is 6.55. The van der Waals surface area contributed by atoms with Gasteiger partial charge in [-0.25, -0.2) is 0 Å². The first-order valence-corrected chi connectivity index (χ1v) is 11.8. The number of aliphatic carboxylic acids is 1. The van der Waals surface area contributed by atoms with E-state index < -0.39 is 17.8 Å². The number of carbonyl (C=O) groups is 3. The fraction of sp³-hybridized carbons (Fsp3) is 0.370. The van der Waals surface area contributed by atoms with E-state index in [0.717, 1.165) is 45.5 Å². The fourth-order valence-corrected chi connectivity index (χ4v) is 4.57. The van der Waals surface area contributed by atoms with Gasteiger partial charge in [0.25, 0.3) is 5.91 Å². The van der Waals surface area contributed by atoms with Crippen molar-refractivity contribution in [3.05, 3.63) is 65.4 Å². The molecule has 34 heavy (non-hydrogen) atoms. The normalized spacial score (nSPS) is 15.1. The molecule has 0 saturated carbocycles.